The molecule has 1 aliphatic rings. The topological polar surface area (TPSA) is 78.8 Å². The number of hydrogen-bond acceptors (Lipinski definition) is 7. The van der Waals surface area contributed by atoms with Gasteiger partial charge >= 0.3 is 5.97 Å². The number of carbonyl (C=O) groups excluding carboxylic acids is 1. The number of guanidine groups is 1. The number of rotatable bonds is 7. The maximum atomic E-state index is 12.0. The first-order chi connectivity index (χ1) is 14.0. The van der Waals surface area contributed by atoms with E-state index in [1.165, 1.54) is 21.8 Å². The number of aliphatic imine (C=N–C) groups is 1. The summed E-state index contributed by atoms with van der Waals surface area (Å²) in [7, 11) is 1.76. The summed E-state index contributed by atoms with van der Waals surface area (Å²) in [4.78, 5) is 25.4. The second kappa shape index (κ2) is 10.2. The molecule has 1 unspecified atom stereocenters. The summed E-state index contributed by atoms with van der Waals surface area (Å²) in [5, 5.41) is 9.78. The highest BCUT2D eigenvalue weighted by atomic mass is 32.1. The van der Waals surface area contributed by atoms with E-state index in [-0.39, 0.29) is 12.0 Å². The van der Waals surface area contributed by atoms with Crippen LogP contribution in [0.4, 0.5) is 0 Å². The third-order valence-electron chi connectivity index (χ3n) is 4.83. The molecule has 2 aromatic heterocycles. The second-order valence-electron chi connectivity index (χ2n) is 6.95. The lowest BCUT2D eigenvalue weighted by Crippen LogP contribution is -2.43. The average molecular weight is 436 g/mol. The molecule has 0 fully saturated rings. The predicted molar refractivity (Wildman–Crippen MR) is 119 cm³/mol. The van der Waals surface area contributed by atoms with Crippen LogP contribution < -0.4 is 10.6 Å². The summed E-state index contributed by atoms with van der Waals surface area (Å²) >= 11 is 3.24. The van der Waals surface area contributed by atoms with Gasteiger partial charge in [-0.1, -0.05) is 0 Å². The number of aryl methyl sites for hydroxylation is 1. The Kier molecular flexibility index (Phi) is 7.63. The van der Waals surface area contributed by atoms with E-state index in [0.717, 1.165) is 43.6 Å². The van der Waals surface area contributed by atoms with Gasteiger partial charge in [0.25, 0.3) is 0 Å². The smallest absolute Gasteiger partial charge is 0.350 e. The summed E-state index contributed by atoms with van der Waals surface area (Å²) < 4.78 is 5.10. The first-order valence-corrected chi connectivity index (χ1v) is 11.6. The van der Waals surface area contributed by atoms with Crippen molar-refractivity contribution in [2.75, 3.05) is 33.3 Å². The molecule has 0 spiro atoms. The molecule has 9 heteroatoms. The van der Waals surface area contributed by atoms with Crippen molar-refractivity contribution in [1.29, 1.82) is 0 Å². The first kappa shape index (κ1) is 21.7. The van der Waals surface area contributed by atoms with Crippen molar-refractivity contribution < 1.29 is 9.53 Å². The minimum Gasteiger partial charge on any atom is -0.462 e. The van der Waals surface area contributed by atoms with Gasteiger partial charge in [-0.2, -0.15) is 0 Å². The third kappa shape index (κ3) is 5.55. The number of esters is 1. The van der Waals surface area contributed by atoms with Crippen LogP contribution in [0.3, 0.4) is 0 Å². The highest BCUT2D eigenvalue weighted by Gasteiger charge is 2.20. The van der Waals surface area contributed by atoms with Crippen molar-refractivity contribution in [3.63, 3.8) is 0 Å². The van der Waals surface area contributed by atoms with E-state index in [9.17, 15) is 4.79 Å². The van der Waals surface area contributed by atoms with Gasteiger partial charge in [0.15, 0.2) is 5.96 Å². The molecule has 0 aromatic carbocycles. The monoisotopic (exact) mass is 435 g/mol. The van der Waals surface area contributed by atoms with Crippen LogP contribution in [0.5, 0.6) is 0 Å². The van der Waals surface area contributed by atoms with E-state index in [2.05, 4.69) is 37.0 Å². The lowest BCUT2D eigenvalue weighted by atomic mass is 10.1. The fourth-order valence-electron chi connectivity index (χ4n) is 3.28. The number of thiophene rings is 1. The Morgan fingerprint density at radius 1 is 1.48 bits per heavy atom. The van der Waals surface area contributed by atoms with E-state index in [4.69, 9.17) is 4.74 Å². The zero-order chi connectivity index (χ0) is 20.8. The number of nitrogens with one attached hydrogen (secondary N) is 2. The Morgan fingerprint density at radius 2 is 2.31 bits per heavy atom. The van der Waals surface area contributed by atoms with E-state index in [1.54, 1.807) is 14.0 Å². The molecule has 2 aromatic rings. The summed E-state index contributed by atoms with van der Waals surface area (Å²) in [5.74, 6) is 0.426. The third-order valence-corrected chi connectivity index (χ3v) is 7.17. The van der Waals surface area contributed by atoms with Crippen LogP contribution in [-0.2, 0) is 17.7 Å². The van der Waals surface area contributed by atoms with Gasteiger partial charge in [-0.3, -0.25) is 9.89 Å². The van der Waals surface area contributed by atoms with Gasteiger partial charge in [-0.05, 0) is 44.2 Å². The van der Waals surface area contributed by atoms with Crippen molar-refractivity contribution >= 4 is 34.6 Å². The minimum absolute atomic E-state index is 0.0589. The summed E-state index contributed by atoms with van der Waals surface area (Å²) in [6.45, 7) is 9.93. The van der Waals surface area contributed by atoms with E-state index >= 15 is 0 Å². The maximum absolute atomic E-state index is 12.0. The molecule has 0 amide bonds. The number of thiazole rings is 1. The van der Waals surface area contributed by atoms with E-state index in [0.29, 0.717) is 17.2 Å². The van der Waals surface area contributed by atoms with Crippen molar-refractivity contribution in [3.05, 3.63) is 37.5 Å². The molecule has 0 radical (unpaired) electrons. The van der Waals surface area contributed by atoms with Crippen LogP contribution in [0.2, 0.25) is 0 Å². The highest BCUT2D eigenvalue weighted by Crippen LogP contribution is 2.25. The molecule has 1 atom stereocenters. The van der Waals surface area contributed by atoms with Crippen LogP contribution in [0.25, 0.3) is 0 Å². The molecular formula is C20H29N5O2S2. The number of nitrogens with zero attached hydrogens (tertiary/aromatic N) is 3. The van der Waals surface area contributed by atoms with Crippen molar-refractivity contribution in [2.24, 2.45) is 4.99 Å². The Bertz CT molecular complexity index is 861. The Balaban J connectivity index is 1.48. The zero-order valence-corrected chi connectivity index (χ0v) is 19.1. The summed E-state index contributed by atoms with van der Waals surface area (Å²) in [5.41, 5.74) is 2.17. The van der Waals surface area contributed by atoms with Gasteiger partial charge in [0, 0.05) is 38.1 Å². The lowest BCUT2D eigenvalue weighted by molar-refractivity contribution is 0.0531. The quantitative estimate of drug-likeness (QED) is 0.395. The zero-order valence-electron chi connectivity index (χ0n) is 17.4. The SMILES string of the molecule is CCOC(=O)c1sc(C(C)NC(=NC)NCCN2CCc3sccc3C2)nc1C. The second-order valence-corrected chi connectivity index (χ2v) is 8.98. The highest BCUT2D eigenvalue weighted by molar-refractivity contribution is 7.13. The Labute approximate surface area is 180 Å². The van der Waals surface area contributed by atoms with Crippen molar-refractivity contribution in [3.8, 4) is 0 Å². The molecule has 158 valence electrons. The standard InChI is InChI=1S/C20H29N5O2S2/c1-5-27-19(26)17-13(2)23-18(29-17)14(3)24-20(21-4)22-8-10-25-9-6-16-15(12-25)7-11-28-16/h7,11,14H,5-6,8-10,12H2,1-4H3,(H2,21,22,24). The van der Waals surface area contributed by atoms with Gasteiger partial charge < -0.3 is 15.4 Å². The Hall–Kier alpha value is -1.97. The number of aromatic nitrogens is 1. The van der Waals surface area contributed by atoms with E-state index in [1.807, 2.05) is 25.2 Å². The normalized spacial score (nSPS) is 15.7. The first-order valence-electron chi connectivity index (χ1n) is 9.91. The van der Waals surface area contributed by atoms with Gasteiger partial charge in [0.2, 0.25) is 0 Å². The van der Waals surface area contributed by atoms with Crippen LogP contribution in [0, 0.1) is 6.92 Å². The molecule has 3 heterocycles. The summed E-state index contributed by atoms with van der Waals surface area (Å²) in [6, 6.07) is 2.18. The number of hydrogen-bond donors (Lipinski definition) is 2. The predicted octanol–water partition coefficient (Wildman–Crippen LogP) is 2.97. The van der Waals surface area contributed by atoms with Crippen molar-refractivity contribution in [2.45, 2.75) is 39.8 Å². The molecular weight excluding hydrogens is 406 g/mol. The minimum atomic E-state index is -0.307. The van der Waals surface area contributed by atoms with Crippen LogP contribution >= 0.6 is 22.7 Å². The molecule has 1 aliphatic heterocycles. The molecule has 3 rings (SSSR count). The summed E-state index contributed by atoms with van der Waals surface area (Å²) in [6.07, 6.45) is 1.14. The fraction of sp³-hybridized carbons (Fsp3) is 0.550. The van der Waals surface area contributed by atoms with Crippen LogP contribution in [0.15, 0.2) is 16.4 Å². The largest absolute Gasteiger partial charge is 0.462 e. The molecule has 0 saturated heterocycles. The maximum Gasteiger partial charge on any atom is 0.350 e. The molecule has 7 nitrogen and oxygen atoms in total. The van der Waals surface area contributed by atoms with Gasteiger partial charge in [0.05, 0.1) is 18.3 Å². The lowest BCUT2D eigenvalue weighted by Gasteiger charge is -2.27. The average Bonchev–Trinajstić information content (AvgIpc) is 3.33. The van der Waals surface area contributed by atoms with Crippen molar-refractivity contribution in [1.82, 2.24) is 20.5 Å². The van der Waals surface area contributed by atoms with Crippen LogP contribution in [0.1, 0.15) is 50.7 Å². The molecule has 0 aliphatic carbocycles. The number of carbonyl (C=O) groups is 1. The van der Waals surface area contributed by atoms with Gasteiger partial charge in [0.1, 0.15) is 9.88 Å². The number of fused-ring (bicyclic) bond motifs is 1. The van der Waals surface area contributed by atoms with Crippen LogP contribution in [-0.4, -0.2) is 55.1 Å². The molecule has 29 heavy (non-hydrogen) atoms. The van der Waals surface area contributed by atoms with Gasteiger partial charge in [-0.15, -0.1) is 22.7 Å². The van der Waals surface area contributed by atoms with E-state index < -0.39 is 0 Å². The molecule has 2 N–H and O–H groups in total. The molecule has 0 saturated carbocycles. The van der Waals surface area contributed by atoms with Gasteiger partial charge in [-0.25, -0.2) is 9.78 Å². The Morgan fingerprint density at radius 3 is 3.07 bits per heavy atom. The fourth-order valence-corrected chi connectivity index (χ4v) is 5.13. The number of ether oxygens (including phenoxy) is 1. The molecule has 0 bridgehead atoms.